The highest BCUT2D eigenvalue weighted by Crippen LogP contribution is 2.14. The molecule has 0 aliphatic rings. The van der Waals surface area contributed by atoms with E-state index in [4.69, 9.17) is 5.11 Å². The Kier molecular flexibility index (Phi) is 4.25. The predicted octanol–water partition coefficient (Wildman–Crippen LogP) is 1.78. The van der Waals surface area contributed by atoms with Crippen LogP contribution in [0.15, 0.2) is 42.7 Å². The van der Waals surface area contributed by atoms with Crippen LogP contribution in [0.1, 0.15) is 11.3 Å². The van der Waals surface area contributed by atoms with Gasteiger partial charge in [0.25, 0.3) is 0 Å². The van der Waals surface area contributed by atoms with Crippen molar-refractivity contribution in [1.82, 2.24) is 9.97 Å². The molecule has 18 heavy (non-hydrogen) atoms. The Labute approximate surface area is 107 Å². The predicted molar refractivity (Wildman–Crippen MR) is 71.3 cm³/mol. The van der Waals surface area contributed by atoms with Crippen LogP contribution in [0.5, 0.6) is 0 Å². The Morgan fingerprint density at radius 2 is 1.94 bits per heavy atom. The normalized spacial score (nSPS) is 10.3. The van der Waals surface area contributed by atoms with E-state index in [-0.39, 0.29) is 6.61 Å². The van der Waals surface area contributed by atoms with Gasteiger partial charge in [-0.05, 0) is 12.5 Å². The summed E-state index contributed by atoms with van der Waals surface area (Å²) in [6.45, 7) is 3.34. The molecule has 0 radical (unpaired) electrons. The van der Waals surface area contributed by atoms with Crippen LogP contribution in [0, 0.1) is 6.92 Å². The molecule has 1 heterocycles. The molecule has 0 atom stereocenters. The van der Waals surface area contributed by atoms with Gasteiger partial charge in [0, 0.05) is 24.8 Å². The van der Waals surface area contributed by atoms with E-state index in [1.54, 1.807) is 6.33 Å². The van der Waals surface area contributed by atoms with Gasteiger partial charge < -0.3 is 10.0 Å². The van der Waals surface area contributed by atoms with Crippen LogP contribution in [0.4, 0.5) is 5.82 Å². The minimum absolute atomic E-state index is 0.107. The van der Waals surface area contributed by atoms with Crippen LogP contribution in [-0.4, -0.2) is 28.2 Å². The highest BCUT2D eigenvalue weighted by atomic mass is 16.3. The van der Waals surface area contributed by atoms with Gasteiger partial charge in [0.2, 0.25) is 0 Å². The zero-order valence-electron chi connectivity index (χ0n) is 10.5. The lowest BCUT2D eigenvalue weighted by molar-refractivity contribution is 0.301. The third-order valence-corrected chi connectivity index (χ3v) is 2.70. The average Bonchev–Trinajstić information content (AvgIpc) is 2.39. The fraction of sp³-hybridized carbons (Fsp3) is 0.286. The standard InChI is InChI=1S/C14H17N3O/c1-12-9-14(16-11-15-12)17(7-8-18)10-13-5-3-2-4-6-13/h2-6,9,11,18H,7-8,10H2,1H3. The molecule has 1 aromatic carbocycles. The van der Waals surface area contributed by atoms with Crippen LogP contribution in [0.3, 0.4) is 0 Å². The van der Waals surface area contributed by atoms with Crippen molar-refractivity contribution in [2.45, 2.75) is 13.5 Å². The molecular weight excluding hydrogens is 226 g/mol. The second-order valence-corrected chi connectivity index (χ2v) is 4.15. The first-order chi connectivity index (χ1) is 8.79. The third-order valence-electron chi connectivity index (χ3n) is 2.70. The van der Waals surface area contributed by atoms with Crippen molar-refractivity contribution in [3.05, 3.63) is 54.0 Å². The second-order valence-electron chi connectivity index (χ2n) is 4.15. The molecule has 0 aliphatic carbocycles. The Balaban J connectivity index is 2.18. The molecule has 2 aromatic rings. The van der Waals surface area contributed by atoms with Gasteiger partial charge in [-0.15, -0.1) is 0 Å². The highest BCUT2D eigenvalue weighted by molar-refractivity contribution is 5.39. The Bertz CT molecular complexity index is 487. The van der Waals surface area contributed by atoms with Gasteiger partial charge >= 0.3 is 0 Å². The van der Waals surface area contributed by atoms with Crippen molar-refractivity contribution in [3.8, 4) is 0 Å². The quantitative estimate of drug-likeness (QED) is 0.869. The number of nitrogens with zero attached hydrogens (tertiary/aromatic N) is 3. The summed E-state index contributed by atoms with van der Waals surface area (Å²) in [5.41, 5.74) is 2.12. The molecule has 0 bridgehead atoms. The van der Waals surface area contributed by atoms with E-state index in [1.165, 1.54) is 5.56 Å². The van der Waals surface area contributed by atoms with Crippen molar-refractivity contribution in [1.29, 1.82) is 0 Å². The van der Waals surface area contributed by atoms with Crippen LogP contribution >= 0.6 is 0 Å². The molecule has 0 saturated carbocycles. The summed E-state index contributed by atoms with van der Waals surface area (Å²) in [7, 11) is 0. The van der Waals surface area contributed by atoms with Gasteiger partial charge in [0.15, 0.2) is 0 Å². The Morgan fingerprint density at radius 3 is 2.61 bits per heavy atom. The first-order valence-corrected chi connectivity index (χ1v) is 5.98. The maximum absolute atomic E-state index is 9.16. The number of aliphatic hydroxyl groups excluding tert-OH is 1. The lowest BCUT2D eigenvalue weighted by Gasteiger charge is -2.22. The van der Waals surface area contributed by atoms with Gasteiger partial charge in [-0.1, -0.05) is 30.3 Å². The number of hydrogen-bond acceptors (Lipinski definition) is 4. The molecule has 4 heteroatoms. The molecule has 4 nitrogen and oxygen atoms in total. The number of aliphatic hydroxyl groups is 1. The average molecular weight is 243 g/mol. The Hall–Kier alpha value is -1.94. The maximum atomic E-state index is 9.16. The molecule has 0 aliphatic heterocycles. The van der Waals surface area contributed by atoms with E-state index in [2.05, 4.69) is 22.1 Å². The minimum Gasteiger partial charge on any atom is -0.395 e. The van der Waals surface area contributed by atoms with Crippen LogP contribution in [0.2, 0.25) is 0 Å². The number of anilines is 1. The lowest BCUT2D eigenvalue weighted by atomic mass is 10.2. The molecule has 1 aromatic heterocycles. The Morgan fingerprint density at radius 1 is 1.17 bits per heavy atom. The highest BCUT2D eigenvalue weighted by Gasteiger charge is 2.08. The molecule has 0 unspecified atom stereocenters. The SMILES string of the molecule is Cc1cc(N(CCO)Cc2ccccc2)ncn1. The van der Waals surface area contributed by atoms with E-state index in [0.717, 1.165) is 18.1 Å². The first kappa shape index (κ1) is 12.5. The second kappa shape index (κ2) is 6.12. The summed E-state index contributed by atoms with van der Waals surface area (Å²) in [4.78, 5) is 10.4. The minimum atomic E-state index is 0.107. The molecule has 0 amide bonds. The summed E-state index contributed by atoms with van der Waals surface area (Å²) in [5, 5.41) is 9.16. The monoisotopic (exact) mass is 243 g/mol. The summed E-state index contributed by atoms with van der Waals surface area (Å²) < 4.78 is 0. The van der Waals surface area contributed by atoms with E-state index in [1.807, 2.05) is 36.1 Å². The van der Waals surface area contributed by atoms with Gasteiger partial charge in [-0.3, -0.25) is 0 Å². The van der Waals surface area contributed by atoms with Gasteiger partial charge in [-0.25, -0.2) is 9.97 Å². The zero-order valence-corrected chi connectivity index (χ0v) is 10.5. The first-order valence-electron chi connectivity index (χ1n) is 5.98. The molecule has 0 saturated heterocycles. The smallest absolute Gasteiger partial charge is 0.132 e. The van der Waals surface area contributed by atoms with E-state index < -0.39 is 0 Å². The zero-order chi connectivity index (χ0) is 12.8. The molecule has 94 valence electrons. The number of aromatic nitrogens is 2. The van der Waals surface area contributed by atoms with Crippen LogP contribution in [-0.2, 0) is 6.54 Å². The van der Waals surface area contributed by atoms with Crippen molar-refractivity contribution in [2.24, 2.45) is 0 Å². The number of hydrogen-bond donors (Lipinski definition) is 1. The maximum Gasteiger partial charge on any atom is 0.132 e. The van der Waals surface area contributed by atoms with Gasteiger partial charge in [0.1, 0.15) is 12.1 Å². The summed E-state index contributed by atoms with van der Waals surface area (Å²) >= 11 is 0. The number of benzene rings is 1. The fourth-order valence-corrected chi connectivity index (χ4v) is 1.81. The van der Waals surface area contributed by atoms with E-state index in [9.17, 15) is 0 Å². The van der Waals surface area contributed by atoms with Crippen LogP contribution < -0.4 is 4.90 Å². The van der Waals surface area contributed by atoms with Crippen molar-refractivity contribution < 1.29 is 5.11 Å². The van der Waals surface area contributed by atoms with Crippen LogP contribution in [0.25, 0.3) is 0 Å². The molecule has 0 spiro atoms. The van der Waals surface area contributed by atoms with Gasteiger partial charge in [0.05, 0.1) is 6.61 Å². The van der Waals surface area contributed by atoms with Crippen molar-refractivity contribution in [3.63, 3.8) is 0 Å². The summed E-state index contributed by atoms with van der Waals surface area (Å²) in [6.07, 6.45) is 1.56. The molecule has 1 N–H and O–H groups in total. The van der Waals surface area contributed by atoms with Crippen molar-refractivity contribution in [2.75, 3.05) is 18.1 Å². The number of rotatable bonds is 5. The molecule has 2 rings (SSSR count). The third kappa shape index (κ3) is 3.28. The van der Waals surface area contributed by atoms with E-state index in [0.29, 0.717) is 6.54 Å². The molecular formula is C14H17N3O. The van der Waals surface area contributed by atoms with E-state index >= 15 is 0 Å². The number of aryl methyl sites for hydroxylation is 1. The molecule has 0 fully saturated rings. The summed E-state index contributed by atoms with van der Waals surface area (Å²) in [6, 6.07) is 12.1. The largest absolute Gasteiger partial charge is 0.395 e. The summed E-state index contributed by atoms with van der Waals surface area (Å²) in [5.74, 6) is 0.848. The topological polar surface area (TPSA) is 49.2 Å². The lowest BCUT2D eigenvalue weighted by Crippen LogP contribution is -2.27. The fourth-order valence-electron chi connectivity index (χ4n) is 1.81. The van der Waals surface area contributed by atoms with Gasteiger partial charge in [-0.2, -0.15) is 0 Å². The van der Waals surface area contributed by atoms with Crippen molar-refractivity contribution >= 4 is 5.82 Å².